The lowest BCUT2D eigenvalue weighted by Gasteiger charge is -2.21. The van der Waals surface area contributed by atoms with Crippen LogP contribution in [0.4, 0.5) is 0 Å². The maximum atomic E-state index is 13.1. The monoisotopic (exact) mass is 1420 g/mol. The molecule has 0 amide bonds. The fourth-order valence-electron chi connectivity index (χ4n) is 12.0. The second-order valence-corrected chi connectivity index (χ2v) is 32.0. The van der Waals surface area contributed by atoms with E-state index in [9.17, 15) is 43.2 Å². The summed E-state index contributed by atoms with van der Waals surface area (Å²) in [5.74, 6) is -0.627. The molecule has 19 heteroatoms. The molecule has 5 atom stereocenters. The van der Waals surface area contributed by atoms with E-state index < -0.39 is 97.5 Å². The normalized spacial score (nSPS) is 14.0. The van der Waals surface area contributed by atoms with Gasteiger partial charge in [0.25, 0.3) is 0 Å². The molecule has 3 N–H and O–H groups in total. The van der Waals surface area contributed by atoms with Crippen LogP contribution in [0, 0.1) is 11.8 Å². The molecule has 0 aliphatic rings. The number of unbranched alkanes of at least 4 members (excludes halogenated alkanes) is 47. The van der Waals surface area contributed by atoms with Crippen molar-refractivity contribution >= 4 is 39.5 Å². The van der Waals surface area contributed by atoms with E-state index in [0.717, 1.165) is 102 Å². The minimum atomic E-state index is -4.96. The molecule has 0 aromatic rings. The maximum absolute atomic E-state index is 13.1. The fourth-order valence-corrected chi connectivity index (χ4v) is 13.6. The van der Waals surface area contributed by atoms with Gasteiger partial charge in [-0.05, 0) is 37.5 Å². The van der Waals surface area contributed by atoms with Crippen LogP contribution < -0.4 is 0 Å². The van der Waals surface area contributed by atoms with Crippen LogP contribution in [0.25, 0.3) is 0 Å². The summed E-state index contributed by atoms with van der Waals surface area (Å²) >= 11 is 0. The van der Waals surface area contributed by atoms with Gasteiger partial charge in [-0.25, -0.2) is 9.13 Å². The van der Waals surface area contributed by atoms with Crippen LogP contribution in [0.3, 0.4) is 0 Å². The number of carbonyl (C=O) groups excluding carboxylic acids is 4. The summed E-state index contributed by atoms with van der Waals surface area (Å²) in [4.78, 5) is 72.8. The molecule has 576 valence electrons. The van der Waals surface area contributed by atoms with E-state index in [4.69, 9.17) is 37.0 Å². The Morgan fingerprint density at radius 2 is 0.474 bits per heavy atom. The number of hydrogen-bond acceptors (Lipinski definition) is 15. The van der Waals surface area contributed by atoms with E-state index in [1.165, 1.54) is 225 Å². The van der Waals surface area contributed by atoms with E-state index in [2.05, 4.69) is 41.5 Å². The van der Waals surface area contributed by atoms with E-state index in [-0.39, 0.29) is 25.7 Å². The Hall–Kier alpha value is -1.94. The summed E-state index contributed by atoms with van der Waals surface area (Å²) in [6, 6.07) is 0. The van der Waals surface area contributed by atoms with Gasteiger partial charge in [0.05, 0.1) is 26.4 Å². The molecule has 0 spiro atoms. The number of phosphoric ester groups is 2. The van der Waals surface area contributed by atoms with Crippen LogP contribution in [0.1, 0.15) is 408 Å². The topological polar surface area (TPSA) is 237 Å². The number of esters is 4. The minimum absolute atomic E-state index is 0.105. The Balaban J connectivity index is 5.18. The highest BCUT2D eigenvalue weighted by Crippen LogP contribution is 2.45. The number of carbonyl (C=O) groups is 4. The third-order valence-corrected chi connectivity index (χ3v) is 20.1. The maximum Gasteiger partial charge on any atom is 0.472 e. The van der Waals surface area contributed by atoms with Crippen LogP contribution >= 0.6 is 15.6 Å². The average molecular weight is 1420 g/mol. The first-order valence-electron chi connectivity index (χ1n) is 40.5. The van der Waals surface area contributed by atoms with Crippen molar-refractivity contribution in [3.05, 3.63) is 0 Å². The Morgan fingerprint density at radius 3 is 0.701 bits per heavy atom. The molecule has 0 aliphatic heterocycles. The summed E-state index contributed by atoms with van der Waals surface area (Å²) in [5, 5.41) is 10.6. The summed E-state index contributed by atoms with van der Waals surface area (Å²) in [6.45, 7) is 9.56. The van der Waals surface area contributed by atoms with Crippen molar-refractivity contribution in [2.75, 3.05) is 39.6 Å². The molecule has 0 heterocycles. The van der Waals surface area contributed by atoms with Gasteiger partial charge >= 0.3 is 39.5 Å². The summed E-state index contributed by atoms with van der Waals surface area (Å²) in [7, 11) is -9.91. The Morgan fingerprint density at radius 1 is 0.278 bits per heavy atom. The Bertz CT molecular complexity index is 1870. The van der Waals surface area contributed by atoms with Crippen molar-refractivity contribution in [2.24, 2.45) is 11.8 Å². The molecule has 17 nitrogen and oxygen atoms in total. The zero-order chi connectivity index (χ0) is 71.4. The molecular formula is C78H152O17P2. The van der Waals surface area contributed by atoms with E-state index >= 15 is 0 Å². The molecule has 0 saturated carbocycles. The molecule has 0 aliphatic carbocycles. The first-order valence-corrected chi connectivity index (χ1v) is 43.5. The second-order valence-electron chi connectivity index (χ2n) is 29.1. The predicted molar refractivity (Wildman–Crippen MR) is 395 cm³/mol. The molecule has 97 heavy (non-hydrogen) atoms. The van der Waals surface area contributed by atoms with Gasteiger partial charge in [-0.15, -0.1) is 0 Å². The highest BCUT2D eigenvalue weighted by Gasteiger charge is 2.30. The van der Waals surface area contributed by atoms with Gasteiger partial charge in [-0.2, -0.15) is 0 Å². The highest BCUT2D eigenvalue weighted by molar-refractivity contribution is 7.47. The molecule has 0 fully saturated rings. The summed E-state index contributed by atoms with van der Waals surface area (Å²) in [6.07, 6.45) is 58.5. The van der Waals surface area contributed by atoms with Crippen molar-refractivity contribution in [3.63, 3.8) is 0 Å². The summed E-state index contributed by atoms with van der Waals surface area (Å²) < 4.78 is 68.5. The number of rotatable bonds is 77. The predicted octanol–water partition coefficient (Wildman–Crippen LogP) is 23.1. The van der Waals surface area contributed by atoms with Gasteiger partial charge < -0.3 is 33.8 Å². The van der Waals surface area contributed by atoms with Gasteiger partial charge in [0.1, 0.15) is 19.3 Å². The molecule has 0 saturated heterocycles. The quantitative estimate of drug-likeness (QED) is 0.0222. The van der Waals surface area contributed by atoms with Crippen molar-refractivity contribution < 1.29 is 80.2 Å². The van der Waals surface area contributed by atoms with Gasteiger partial charge in [0.2, 0.25) is 0 Å². The van der Waals surface area contributed by atoms with Crippen LogP contribution in [-0.4, -0.2) is 96.7 Å². The smallest absolute Gasteiger partial charge is 0.462 e. The summed E-state index contributed by atoms with van der Waals surface area (Å²) in [5.41, 5.74) is 0. The second kappa shape index (κ2) is 69.8. The van der Waals surface area contributed by atoms with Crippen LogP contribution in [0.5, 0.6) is 0 Å². The fraction of sp³-hybridized carbons (Fsp3) is 0.949. The lowest BCUT2D eigenvalue weighted by atomic mass is 10.0. The standard InChI is InChI=1S/C78H152O17P2/c1-7-9-11-13-15-17-19-20-21-22-23-24-25-26-27-28-29-32-37-44-50-56-62-77(82)94-73(66-89-76(81)61-55-49-43-36-33-30-31-34-40-46-52-58-70(3)4)68-92-96(84,85)90-64-72(79)65-91-97(86,87)93-69-74(67-88-75(80)60-54-48-42-35-18-16-14-12-10-8-2)95-78(83)63-57-51-45-39-38-41-47-53-59-71(5)6/h70-74,79H,7-69H2,1-6H3,(H,84,85)(H,86,87)/t72-,73-,74-/m1/s1. The van der Waals surface area contributed by atoms with E-state index in [0.29, 0.717) is 25.7 Å². The Kier molecular flexibility index (Phi) is 68.4. The first-order chi connectivity index (χ1) is 46.9. The average Bonchev–Trinajstić information content (AvgIpc) is 2.18. The molecule has 2 unspecified atom stereocenters. The van der Waals surface area contributed by atoms with Crippen molar-refractivity contribution in [1.29, 1.82) is 0 Å². The lowest BCUT2D eigenvalue weighted by molar-refractivity contribution is -0.161. The molecule has 0 bridgehead atoms. The number of hydrogen-bond donors (Lipinski definition) is 3. The van der Waals surface area contributed by atoms with Gasteiger partial charge in [-0.3, -0.25) is 37.3 Å². The van der Waals surface area contributed by atoms with Gasteiger partial charge in [-0.1, -0.05) is 356 Å². The third-order valence-electron chi connectivity index (χ3n) is 18.2. The molecule has 0 rings (SSSR count). The van der Waals surface area contributed by atoms with Gasteiger partial charge in [0, 0.05) is 25.7 Å². The molecule has 0 aromatic carbocycles. The van der Waals surface area contributed by atoms with Crippen LogP contribution in [0.2, 0.25) is 0 Å². The molecule has 0 radical (unpaired) electrons. The minimum Gasteiger partial charge on any atom is -0.462 e. The number of aliphatic hydroxyl groups is 1. The van der Waals surface area contributed by atoms with Gasteiger partial charge in [0.15, 0.2) is 12.2 Å². The van der Waals surface area contributed by atoms with Crippen molar-refractivity contribution in [2.45, 2.75) is 426 Å². The van der Waals surface area contributed by atoms with Crippen molar-refractivity contribution in [1.82, 2.24) is 0 Å². The third kappa shape index (κ3) is 72.2. The highest BCUT2D eigenvalue weighted by atomic mass is 31.2. The van der Waals surface area contributed by atoms with Crippen LogP contribution in [0.15, 0.2) is 0 Å². The molecule has 0 aromatic heterocycles. The zero-order valence-corrected chi connectivity index (χ0v) is 65.2. The number of ether oxygens (including phenoxy) is 4. The SMILES string of the molecule is CCCCCCCCCCCCCCCCCCCCCCCCC(=O)O[C@H](COC(=O)CCCCCCCCCCCCCC(C)C)COP(=O)(O)OC[C@@H](O)COP(=O)(O)OC[C@@H](COC(=O)CCCCCCCCCCCC)OC(=O)CCCCCCCCCCC(C)C. The van der Waals surface area contributed by atoms with E-state index in [1.54, 1.807) is 0 Å². The largest absolute Gasteiger partial charge is 0.472 e. The van der Waals surface area contributed by atoms with Crippen molar-refractivity contribution in [3.8, 4) is 0 Å². The number of phosphoric acid groups is 2. The number of aliphatic hydroxyl groups excluding tert-OH is 1. The molecular weight excluding hydrogens is 1270 g/mol. The zero-order valence-electron chi connectivity index (χ0n) is 63.4. The first kappa shape index (κ1) is 95.1. The van der Waals surface area contributed by atoms with Crippen LogP contribution in [-0.2, 0) is 65.4 Å². The van der Waals surface area contributed by atoms with E-state index in [1.807, 2.05) is 0 Å². The Labute approximate surface area is 594 Å². The lowest BCUT2D eigenvalue weighted by Crippen LogP contribution is -2.30.